The van der Waals surface area contributed by atoms with E-state index in [0.29, 0.717) is 37.3 Å². The van der Waals surface area contributed by atoms with Gasteiger partial charge in [-0.1, -0.05) is 0 Å². The minimum Gasteiger partial charge on any atom is -0.411 e. The fourth-order valence-electron chi connectivity index (χ4n) is 2.92. The molecule has 144 valence electrons. The summed E-state index contributed by atoms with van der Waals surface area (Å²) < 4.78 is 5.44. The van der Waals surface area contributed by atoms with Crippen molar-refractivity contribution in [3.8, 4) is 0 Å². The van der Waals surface area contributed by atoms with Crippen molar-refractivity contribution in [3.05, 3.63) is 29.7 Å². The molecule has 2 aromatic rings. The van der Waals surface area contributed by atoms with Gasteiger partial charge in [0.2, 0.25) is 5.95 Å². The summed E-state index contributed by atoms with van der Waals surface area (Å²) in [6.45, 7) is 7.47. The number of hydrogen-bond acceptors (Lipinski definition) is 9. The number of hydroxylamine groups is 1. The van der Waals surface area contributed by atoms with Gasteiger partial charge >= 0.3 is 0 Å². The SMILES string of the molecule is Cc1cc(Nc2cc(N3CCOCC3)nc(NCC3=CC(C)NO3)n2)n[nH]1. The molecule has 1 atom stereocenters. The zero-order valence-corrected chi connectivity index (χ0v) is 15.5. The van der Waals surface area contributed by atoms with E-state index in [2.05, 4.69) is 41.2 Å². The zero-order chi connectivity index (χ0) is 18.6. The summed E-state index contributed by atoms with van der Waals surface area (Å²) in [7, 11) is 0. The van der Waals surface area contributed by atoms with Gasteiger partial charge in [0.1, 0.15) is 17.4 Å². The summed E-state index contributed by atoms with van der Waals surface area (Å²) in [6, 6.07) is 4.05. The average molecular weight is 372 g/mol. The molecule has 4 heterocycles. The molecule has 10 nitrogen and oxygen atoms in total. The van der Waals surface area contributed by atoms with E-state index in [1.165, 1.54) is 0 Å². The number of anilines is 4. The summed E-state index contributed by atoms with van der Waals surface area (Å²) in [4.78, 5) is 16.8. The molecule has 2 aliphatic heterocycles. The van der Waals surface area contributed by atoms with Gasteiger partial charge in [-0.15, -0.1) is 0 Å². The Bertz CT molecular complexity index is 815. The molecule has 1 unspecified atom stereocenters. The molecule has 4 rings (SSSR count). The summed E-state index contributed by atoms with van der Waals surface area (Å²) >= 11 is 0. The number of ether oxygens (including phenoxy) is 1. The van der Waals surface area contributed by atoms with Gasteiger partial charge in [-0.25, -0.2) is 0 Å². The van der Waals surface area contributed by atoms with Gasteiger partial charge in [0.25, 0.3) is 0 Å². The number of nitrogens with zero attached hydrogens (tertiary/aromatic N) is 4. The molecule has 4 N–H and O–H groups in total. The van der Waals surface area contributed by atoms with E-state index in [4.69, 9.17) is 9.57 Å². The molecule has 0 spiro atoms. The molecular formula is C17H24N8O2. The Morgan fingerprint density at radius 1 is 1.22 bits per heavy atom. The predicted octanol–water partition coefficient (Wildman–Crippen LogP) is 1.31. The van der Waals surface area contributed by atoms with Gasteiger partial charge in [0, 0.05) is 30.9 Å². The molecule has 0 bridgehead atoms. The van der Waals surface area contributed by atoms with Crippen molar-refractivity contribution in [1.29, 1.82) is 0 Å². The number of hydrogen-bond donors (Lipinski definition) is 4. The minimum atomic E-state index is 0.197. The molecular weight excluding hydrogens is 348 g/mol. The zero-order valence-electron chi connectivity index (χ0n) is 15.5. The third kappa shape index (κ3) is 4.47. The van der Waals surface area contributed by atoms with Crippen molar-refractivity contribution in [2.24, 2.45) is 0 Å². The van der Waals surface area contributed by atoms with Crippen LogP contribution in [-0.2, 0) is 9.57 Å². The van der Waals surface area contributed by atoms with Crippen molar-refractivity contribution in [1.82, 2.24) is 25.6 Å². The molecule has 27 heavy (non-hydrogen) atoms. The highest BCUT2D eigenvalue weighted by atomic mass is 16.7. The number of aromatic amines is 1. The number of morpholine rings is 1. The van der Waals surface area contributed by atoms with Gasteiger partial charge < -0.3 is 25.1 Å². The second kappa shape index (κ2) is 7.80. The van der Waals surface area contributed by atoms with Crippen LogP contribution in [0.4, 0.5) is 23.4 Å². The van der Waals surface area contributed by atoms with Crippen LogP contribution in [0.25, 0.3) is 0 Å². The van der Waals surface area contributed by atoms with Crippen LogP contribution in [0, 0.1) is 6.92 Å². The third-order valence-corrected chi connectivity index (χ3v) is 4.24. The lowest BCUT2D eigenvalue weighted by Crippen LogP contribution is -2.37. The number of aryl methyl sites for hydroxylation is 1. The van der Waals surface area contributed by atoms with Crippen LogP contribution < -0.4 is 21.0 Å². The number of H-pyrrole nitrogens is 1. The molecule has 2 aromatic heterocycles. The molecule has 1 fully saturated rings. The van der Waals surface area contributed by atoms with Crippen LogP contribution in [0.15, 0.2) is 24.0 Å². The highest BCUT2D eigenvalue weighted by Crippen LogP contribution is 2.22. The Labute approximate surface area is 157 Å². The maximum Gasteiger partial charge on any atom is 0.227 e. The normalized spacial score (nSPS) is 19.6. The first-order valence-corrected chi connectivity index (χ1v) is 9.03. The van der Waals surface area contributed by atoms with Crippen LogP contribution in [-0.4, -0.2) is 59.1 Å². The van der Waals surface area contributed by atoms with E-state index >= 15 is 0 Å². The lowest BCUT2D eigenvalue weighted by Gasteiger charge is -2.28. The van der Waals surface area contributed by atoms with Crippen molar-refractivity contribution in [2.75, 3.05) is 48.4 Å². The maximum absolute atomic E-state index is 5.44. The van der Waals surface area contributed by atoms with Crippen molar-refractivity contribution in [2.45, 2.75) is 19.9 Å². The Hall–Kier alpha value is -2.85. The fraction of sp³-hybridized carbons (Fsp3) is 0.471. The Balaban J connectivity index is 1.54. The Morgan fingerprint density at radius 3 is 2.78 bits per heavy atom. The van der Waals surface area contributed by atoms with Crippen molar-refractivity contribution < 1.29 is 9.57 Å². The molecule has 0 radical (unpaired) electrons. The lowest BCUT2D eigenvalue weighted by atomic mass is 10.3. The van der Waals surface area contributed by atoms with Crippen molar-refractivity contribution in [3.63, 3.8) is 0 Å². The van der Waals surface area contributed by atoms with E-state index in [9.17, 15) is 0 Å². The van der Waals surface area contributed by atoms with E-state index in [0.717, 1.165) is 30.4 Å². The van der Waals surface area contributed by atoms with Crippen LogP contribution in [0.5, 0.6) is 0 Å². The number of nitrogens with one attached hydrogen (secondary N) is 4. The Kier molecular flexibility index (Phi) is 5.07. The molecule has 0 saturated carbocycles. The minimum absolute atomic E-state index is 0.197. The second-order valence-corrected chi connectivity index (χ2v) is 6.59. The van der Waals surface area contributed by atoms with Gasteiger partial charge in [-0.05, 0) is 19.9 Å². The van der Waals surface area contributed by atoms with Gasteiger partial charge in [-0.2, -0.15) is 20.5 Å². The predicted molar refractivity (Wildman–Crippen MR) is 102 cm³/mol. The standard InChI is InChI=1S/C17H24N8O2/c1-11-8-15(23-22-11)19-14-9-16(25-3-5-26-6-4-25)21-17(20-14)18-10-13-7-12(2)24-27-13/h7-9,12,24H,3-6,10H2,1-2H3,(H3,18,19,20,21,22,23). The second-order valence-electron chi connectivity index (χ2n) is 6.59. The monoisotopic (exact) mass is 372 g/mol. The third-order valence-electron chi connectivity index (χ3n) is 4.24. The van der Waals surface area contributed by atoms with Gasteiger partial charge in [0.05, 0.1) is 25.8 Å². The molecule has 1 saturated heterocycles. The fourth-order valence-corrected chi connectivity index (χ4v) is 2.92. The lowest BCUT2D eigenvalue weighted by molar-refractivity contribution is 0.120. The first-order valence-electron chi connectivity index (χ1n) is 9.03. The maximum atomic E-state index is 5.44. The highest BCUT2D eigenvalue weighted by molar-refractivity contribution is 5.59. The van der Waals surface area contributed by atoms with Crippen LogP contribution in [0.2, 0.25) is 0 Å². The Morgan fingerprint density at radius 2 is 2.07 bits per heavy atom. The van der Waals surface area contributed by atoms with Crippen LogP contribution in [0.3, 0.4) is 0 Å². The van der Waals surface area contributed by atoms with Crippen LogP contribution in [0.1, 0.15) is 12.6 Å². The first-order chi connectivity index (χ1) is 13.2. The summed E-state index contributed by atoms with van der Waals surface area (Å²) in [5, 5.41) is 13.6. The van der Waals surface area contributed by atoms with E-state index in [1.807, 2.05) is 32.1 Å². The largest absolute Gasteiger partial charge is 0.411 e. The van der Waals surface area contributed by atoms with Gasteiger partial charge in [-0.3, -0.25) is 5.10 Å². The molecule has 0 aliphatic carbocycles. The van der Waals surface area contributed by atoms with E-state index in [1.54, 1.807) is 0 Å². The number of rotatable bonds is 6. The molecule has 2 aliphatic rings. The topological polar surface area (TPSA) is 112 Å². The summed E-state index contributed by atoms with van der Waals surface area (Å²) in [6.07, 6.45) is 2.02. The molecule has 0 amide bonds. The quantitative estimate of drug-likeness (QED) is 0.596. The van der Waals surface area contributed by atoms with Gasteiger partial charge in [0.15, 0.2) is 5.82 Å². The summed E-state index contributed by atoms with van der Waals surface area (Å²) in [5.41, 5.74) is 3.87. The summed E-state index contributed by atoms with van der Waals surface area (Å²) in [5.74, 6) is 3.58. The molecule has 0 aromatic carbocycles. The van der Waals surface area contributed by atoms with E-state index in [-0.39, 0.29) is 6.04 Å². The van der Waals surface area contributed by atoms with E-state index < -0.39 is 0 Å². The molecule has 10 heteroatoms. The van der Waals surface area contributed by atoms with Crippen molar-refractivity contribution >= 4 is 23.4 Å². The van der Waals surface area contributed by atoms with Crippen LogP contribution >= 0.6 is 0 Å². The first kappa shape index (κ1) is 17.6. The average Bonchev–Trinajstić information content (AvgIpc) is 3.28. The smallest absolute Gasteiger partial charge is 0.227 e. The number of aromatic nitrogens is 4. The highest BCUT2D eigenvalue weighted by Gasteiger charge is 2.17.